The second-order valence-electron chi connectivity index (χ2n) is 11.2. The van der Waals surface area contributed by atoms with Crippen molar-refractivity contribution in [3.63, 3.8) is 0 Å². The molecule has 2 aliphatic rings. The van der Waals surface area contributed by atoms with E-state index in [9.17, 15) is 9.59 Å². The molecule has 1 saturated carbocycles. The van der Waals surface area contributed by atoms with Gasteiger partial charge in [-0.05, 0) is 62.8 Å². The molecule has 2 fully saturated rings. The maximum absolute atomic E-state index is 12.9. The first-order valence-electron chi connectivity index (χ1n) is 14.6. The van der Waals surface area contributed by atoms with E-state index in [0.29, 0.717) is 69.7 Å². The molecule has 0 bridgehead atoms. The predicted octanol–water partition coefficient (Wildman–Crippen LogP) is 6.86. The van der Waals surface area contributed by atoms with E-state index < -0.39 is 0 Å². The maximum Gasteiger partial charge on any atom is 0.321 e. The molecule has 3 amide bonds. The summed E-state index contributed by atoms with van der Waals surface area (Å²) in [5.41, 5.74) is 8.05. The lowest BCUT2D eigenvalue weighted by molar-refractivity contribution is -0.122. The minimum Gasteiger partial charge on any atom is -0.369 e. The van der Waals surface area contributed by atoms with E-state index in [2.05, 4.69) is 20.9 Å². The summed E-state index contributed by atoms with van der Waals surface area (Å²) in [6.07, 6.45) is 6.16. The van der Waals surface area contributed by atoms with Crippen LogP contribution in [0.25, 0.3) is 11.2 Å². The fraction of sp³-hybridized carbons (Fsp3) is 0.367. The summed E-state index contributed by atoms with van der Waals surface area (Å²) in [6, 6.07) is 12.5. The molecule has 0 spiro atoms. The lowest BCUT2D eigenvalue weighted by atomic mass is 9.85. The number of benzene rings is 2. The number of hydrogen-bond acceptors (Lipinski definition) is 7. The number of imidazole rings is 1. The zero-order valence-corrected chi connectivity index (χ0v) is 26.0. The Balaban J connectivity index is 1.26. The highest BCUT2D eigenvalue weighted by Gasteiger charge is 2.30. The Morgan fingerprint density at radius 3 is 2.39 bits per heavy atom. The third-order valence-electron chi connectivity index (χ3n) is 8.21. The fourth-order valence-corrected chi connectivity index (χ4v) is 6.88. The number of carbonyl (C=O) groups is 2. The topological polar surface area (TPSA) is 143 Å². The highest BCUT2D eigenvalue weighted by Crippen LogP contribution is 2.40. The Morgan fingerprint density at radius 2 is 1.68 bits per heavy atom. The number of halogens is 3. The lowest BCUT2D eigenvalue weighted by Gasteiger charge is -2.33. The summed E-state index contributed by atoms with van der Waals surface area (Å²) in [7, 11) is 0. The monoisotopic (exact) mass is 655 g/mol. The molecule has 1 aliphatic heterocycles. The van der Waals surface area contributed by atoms with Crippen LogP contribution in [0.3, 0.4) is 0 Å². The number of hydrogen-bond donors (Lipinski definition) is 4. The van der Waals surface area contributed by atoms with Crippen molar-refractivity contribution in [3.8, 4) is 0 Å². The van der Waals surface area contributed by atoms with Crippen molar-refractivity contribution in [3.05, 3.63) is 63.7 Å². The molecule has 6 rings (SSSR count). The standard InChI is InChI=1S/C30H32Cl3N9O2/c31-18-13-22(32)25(23(33)14-18)39-29-38-24-15-35-28(40-27(24)42(29)21-10-8-17(9-11-21)26(34)43)36-20-7-4-12-41(16-20)30(44)37-19-5-2-1-3-6-19/h1-3,5-6,13-15,17,20-21H,4,7-12,16H2,(H2,34,43)(H,37,44)(H,38,39)(H,35,36,40)/t17-,20-,21-/m1/s1. The van der Waals surface area contributed by atoms with Crippen LogP contribution in [0, 0.1) is 5.92 Å². The van der Waals surface area contributed by atoms with Crippen molar-refractivity contribution in [2.75, 3.05) is 29.0 Å². The normalized spacial score (nSPS) is 20.3. The van der Waals surface area contributed by atoms with Gasteiger partial charge in [0.1, 0.15) is 5.52 Å². The van der Waals surface area contributed by atoms with Crippen LogP contribution in [0.2, 0.25) is 15.1 Å². The number of nitrogens with zero attached hydrogens (tertiary/aromatic N) is 5. The molecule has 4 aromatic rings. The molecule has 3 heterocycles. The summed E-state index contributed by atoms with van der Waals surface area (Å²) in [6.45, 7) is 1.18. The summed E-state index contributed by atoms with van der Waals surface area (Å²) >= 11 is 19.1. The first kappa shape index (κ1) is 30.2. The highest BCUT2D eigenvalue weighted by molar-refractivity contribution is 6.41. The first-order chi connectivity index (χ1) is 21.2. The van der Waals surface area contributed by atoms with E-state index in [1.54, 1.807) is 23.2 Å². The summed E-state index contributed by atoms with van der Waals surface area (Å²) in [5, 5.41) is 10.8. The molecule has 14 heteroatoms. The molecular weight excluding hydrogens is 625 g/mol. The number of piperidine rings is 1. The second-order valence-corrected chi connectivity index (χ2v) is 12.5. The summed E-state index contributed by atoms with van der Waals surface area (Å²) < 4.78 is 2.03. The maximum atomic E-state index is 12.9. The zero-order chi connectivity index (χ0) is 30.8. The number of nitrogens with one attached hydrogen (secondary N) is 3. The molecule has 0 radical (unpaired) electrons. The number of amides is 3. The first-order valence-corrected chi connectivity index (χ1v) is 15.7. The van der Waals surface area contributed by atoms with Crippen LogP contribution in [0.1, 0.15) is 44.6 Å². The van der Waals surface area contributed by atoms with Gasteiger partial charge in [-0.25, -0.2) is 14.8 Å². The van der Waals surface area contributed by atoms with Crippen LogP contribution in [0.5, 0.6) is 0 Å². The Labute approximate surface area is 269 Å². The molecule has 0 unspecified atom stereocenters. The number of likely N-dealkylation sites (tertiary alicyclic amines) is 1. The Kier molecular flexibility index (Phi) is 8.97. The van der Waals surface area contributed by atoms with Gasteiger partial charge in [0.25, 0.3) is 0 Å². The van der Waals surface area contributed by atoms with Crippen molar-refractivity contribution in [1.82, 2.24) is 24.4 Å². The van der Waals surface area contributed by atoms with Crippen LogP contribution >= 0.6 is 34.8 Å². The third-order valence-corrected chi connectivity index (χ3v) is 9.02. The fourth-order valence-electron chi connectivity index (χ4n) is 5.97. The number of primary amides is 1. The van der Waals surface area contributed by atoms with E-state index in [4.69, 9.17) is 50.5 Å². The number of para-hydroxylation sites is 1. The highest BCUT2D eigenvalue weighted by atomic mass is 35.5. The SMILES string of the molecule is NC(=O)[C@H]1CC[C@H](n2c(Nc3c(Cl)cc(Cl)cc3Cl)nc3cnc(N[C@@H]4CCCN(C(=O)Nc5ccccc5)C4)nc32)CC1. The van der Waals surface area contributed by atoms with E-state index in [1.165, 1.54) is 0 Å². The van der Waals surface area contributed by atoms with Gasteiger partial charge < -0.3 is 26.6 Å². The number of nitrogens with two attached hydrogens (primary N) is 1. The van der Waals surface area contributed by atoms with Crippen molar-refractivity contribution in [1.29, 1.82) is 0 Å². The molecular formula is C30H32Cl3N9O2. The average molecular weight is 657 g/mol. The van der Waals surface area contributed by atoms with Gasteiger partial charge in [0.05, 0.1) is 21.9 Å². The minimum atomic E-state index is -0.273. The summed E-state index contributed by atoms with van der Waals surface area (Å²) in [4.78, 5) is 40.8. The van der Waals surface area contributed by atoms with Crippen molar-refractivity contribution in [2.24, 2.45) is 11.7 Å². The van der Waals surface area contributed by atoms with Gasteiger partial charge in [0.15, 0.2) is 5.65 Å². The minimum absolute atomic E-state index is 0.00226. The molecule has 1 aliphatic carbocycles. The van der Waals surface area contributed by atoms with Gasteiger partial charge in [-0.2, -0.15) is 4.98 Å². The Hall–Kier alpha value is -3.80. The molecule has 2 aromatic heterocycles. The summed E-state index contributed by atoms with van der Waals surface area (Å²) in [5.74, 6) is 0.512. The smallest absolute Gasteiger partial charge is 0.321 e. The van der Waals surface area contributed by atoms with Gasteiger partial charge in [0, 0.05) is 41.8 Å². The predicted molar refractivity (Wildman–Crippen MR) is 174 cm³/mol. The number of fused-ring (bicyclic) bond motifs is 1. The number of carbonyl (C=O) groups excluding carboxylic acids is 2. The van der Waals surface area contributed by atoms with Crippen molar-refractivity contribution >= 4 is 81.2 Å². The lowest BCUT2D eigenvalue weighted by Crippen LogP contribution is -2.47. The van der Waals surface area contributed by atoms with E-state index in [0.717, 1.165) is 31.4 Å². The van der Waals surface area contributed by atoms with E-state index >= 15 is 0 Å². The van der Waals surface area contributed by atoms with Crippen LogP contribution in [-0.4, -0.2) is 55.5 Å². The van der Waals surface area contributed by atoms with Gasteiger partial charge in [0.2, 0.25) is 17.8 Å². The van der Waals surface area contributed by atoms with E-state index in [1.807, 2.05) is 34.9 Å². The molecule has 1 saturated heterocycles. The molecule has 2 aromatic carbocycles. The second kappa shape index (κ2) is 13.1. The molecule has 11 nitrogen and oxygen atoms in total. The number of urea groups is 1. The van der Waals surface area contributed by atoms with Crippen LogP contribution in [0.15, 0.2) is 48.7 Å². The Morgan fingerprint density at radius 1 is 0.955 bits per heavy atom. The average Bonchev–Trinajstić information content (AvgIpc) is 3.37. The van der Waals surface area contributed by atoms with Crippen LogP contribution in [-0.2, 0) is 4.79 Å². The Bertz CT molecular complexity index is 1650. The molecule has 230 valence electrons. The zero-order valence-electron chi connectivity index (χ0n) is 23.8. The largest absolute Gasteiger partial charge is 0.369 e. The van der Waals surface area contributed by atoms with Gasteiger partial charge in [-0.15, -0.1) is 0 Å². The molecule has 1 atom stereocenters. The van der Waals surface area contributed by atoms with Crippen LogP contribution in [0.4, 0.5) is 28.1 Å². The van der Waals surface area contributed by atoms with Gasteiger partial charge in [-0.1, -0.05) is 53.0 Å². The number of aromatic nitrogens is 4. The van der Waals surface area contributed by atoms with Gasteiger partial charge in [-0.3, -0.25) is 9.36 Å². The molecule has 5 N–H and O–H groups in total. The quantitative estimate of drug-likeness (QED) is 0.170. The van der Waals surface area contributed by atoms with Gasteiger partial charge >= 0.3 is 6.03 Å². The number of anilines is 4. The van der Waals surface area contributed by atoms with E-state index in [-0.39, 0.29) is 29.9 Å². The third kappa shape index (κ3) is 6.64. The van der Waals surface area contributed by atoms with Crippen LogP contribution < -0.4 is 21.7 Å². The number of rotatable bonds is 7. The van der Waals surface area contributed by atoms with Crippen molar-refractivity contribution < 1.29 is 9.59 Å². The molecule has 44 heavy (non-hydrogen) atoms. The van der Waals surface area contributed by atoms with Crippen molar-refractivity contribution in [2.45, 2.75) is 50.6 Å².